The van der Waals surface area contributed by atoms with Gasteiger partial charge in [-0.3, -0.25) is 9.69 Å². The largest absolute Gasteiger partial charge is 0.325 e. The Morgan fingerprint density at radius 1 is 1.18 bits per heavy atom. The number of nitrogens with one attached hydrogen (secondary N) is 1. The molecular weight excluding hydrogens is 372 g/mol. The van der Waals surface area contributed by atoms with Gasteiger partial charge in [-0.15, -0.1) is 11.3 Å². The molecule has 4 rings (SSSR count). The van der Waals surface area contributed by atoms with Crippen molar-refractivity contribution in [2.45, 2.75) is 45.4 Å². The summed E-state index contributed by atoms with van der Waals surface area (Å²) in [5.41, 5.74) is 3.25. The Bertz CT molecular complexity index is 852. The highest BCUT2D eigenvalue weighted by atomic mass is 32.1. The number of urea groups is 1. The smallest absolute Gasteiger partial charge is 0.313 e. The number of rotatable bonds is 5. The van der Waals surface area contributed by atoms with Gasteiger partial charge in [0.05, 0.1) is 5.69 Å². The monoisotopic (exact) mass is 398 g/mol. The van der Waals surface area contributed by atoms with Crippen LogP contribution >= 0.6 is 11.3 Å². The van der Waals surface area contributed by atoms with E-state index in [9.17, 15) is 9.59 Å². The summed E-state index contributed by atoms with van der Waals surface area (Å²) in [6.45, 7) is 5.50. The molecule has 0 bridgehead atoms. The lowest BCUT2D eigenvalue weighted by atomic mass is 10.0. The second-order valence-electron chi connectivity index (χ2n) is 7.75. The van der Waals surface area contributed by atoms with Crippen LogP contribution in [0.25, 0.3) is 0 Å². The molecule has 1 N–H and O–H groups in total. The highest BCUT2D eigenvalue weighted by Gasteiger charge is 2.31. The number of hydrogen-bond acceptors (Lipinski definition) is 4. The molecule has 3 amide bonds. The normalized spacial score (nSPS) is 16.6. The van der Waals surface area contributed by atoms with E-state index in [1.807, 2.05) is 12.1 Å². The van der Waals surface area contributed by atoms with Gasteiger partial charge in [0, 0.05) is 23.7 Å². The van der Waals surface area contributed by atoms with Crippen molar-refractivity contribution in [3.8, 4) is 0 Å². The van der Waals surface area contributed by atoms with Crippen molar-refractivity contribution < 1.29 is 9.59 Å². The van der Waals surface area contributed by atoms with Crippen molar-refractivity contribution in [1.82, 2.24) is 9.88 Å². The molecule has 28 heavy (non-hydrogen) atoms. The number of fused-ring (bicyclic) bond motifs is 1. The van der Waals surface area contributed by atoms with Crippen LogP contribution < -0.4 is 10.2 Å². The Kier molecular flexibility index (Phi) is 5.35. The molecule has 0 spiro atoms. The Morgan fingerprint density at radius 3 is 2.64 bits per heavy atom. The molecule has 2 heterocycles. The van der Waals surface area contributed by atoms with Crippen molar-refractivity contribution in [1.29, 1.82) is 0 Å². The van der Waals surface area contributed by atoms with Gasteiger partial charge >= 0.3 is 6.03 Å². The summed E-state index contributed by atoms with van der Waals surface area (Å²) >= 11 is 1.57. The Labute approximate surface area is 169 Å². The molecule has 2 aliphatic rings. The van der Waals surface area contributed by atoms with Crippen LogP contribution in [0.1, 0.15) is 48.7 Å². The maximum atomic E-state index is 12.7. The van der Waals surface area contributed by atoms with Gasteiger partial charge in [0.1, 0.15) is 6.54 Å². The molecular formula is C21H26N4O2S. The van der Waals surface area contributed by atoms with Crippen LogP contribution in [0.15, 0.2) is 24.3 Å². The number of aryl methyl sites for hydroxylation is 2. The predicted octanol–water partition coefficient (Wildman–Crippen LogP) is 4.03. The second kappa shape index (κ2) is 7.91. The van der Waals surface area contributed by atoms with Crippen molar-refractivity contribution in [2.24, 2.45) is 0 Å². The molecule has 7 heteroatoms. The maximum absolute atomic E-state index is 12.7. The number of carbonyl (C=O) groups excluding carboxylic acids is 2. The predicted molar refractivity (Wildman–Crippen MR) is 112 cm³/mol. The number of carbonyl (C=O) groups is 2. The first-order chi connectivity index (χ1) is 13.5. The van der Waals surface area contributed by atoms with E-state index < -0.39 is 0 Å². The van der Waals surface area contributed by atoms with Gasteiger partial charge in [-0.25, -0.2) is 9.78 Å². The lowest BCUT2D eigenvalue weighted by Crippen LogP contribution is -2.37. The van der Waals surface area contributed by atoms with E-state index in [0.29, 0.717) is 24.1 Å². The lowest BCUT2D eigenvalue weighted by Gasteiger charge is -2.19. The number of amides is 3. The zero-order chi connectivity index (χ0) is 19.7. The summed E-state index contributed by atoms with van der Waals surface area (Å²) in [5.74, 6) is 0.275. The third kappa shape index (κ3) is 3.90. The fourth-order valence-corrected chi connectivity index (χ4v) is 4.81. The van der Waals surface area contributed by atoms with Gasteiger partial charge in [-0.05, 0) is 49.3 Å². The number of benzene rings is 1. The van der Waals surface area contributed by atoms with Crippen LogP contribution in [-0.2, 0) is 17.6 Å². The number of hydrogen-bond donors (Lipinski definition) is 1. The molecule has 0 atom stereocenters. The third-order valence-electron chi connectivity index (χ3n) is 5.39. The van der Waals surface area contributed by atoms with Crippen LogP contribution in [0.4, 0.5) is 15.6 Å². The summed E-state index contributed by atoms with van der Waals surface area (Å²) in [4.78, 5) is 34.3. The van der Waals surface area contributed by atoms with Gasteiger partial charge in [-0.2, -0.15) is 0 Å². The molecule has 1 fully saturated rings. The molecule has 6 nitrogen and oxygen atoms in total. The highest BCUT2D eigenvalue weighted by Crippen LogP contribution is 2.29. The molecule has 1 aromatic heterocycles. The molecule has 0 saturated carbocycles. The zero-order valence-corrected chi connectivity index (χ0v) is 17.2. The molecule has 1 aliphatic heterocycles. The van der Waals surface area contributed by atoms with Gasteiger partial charge in [-0.1, -0.05) is 26.0 Å². The van der Waals surface area contributed by atoms with E-state index >= 15 is 0 Å². The minimum absolute atomic E-state index is 0.0592. The Balaban J connectivity index is 1.35. The Hall–Kier alpha value is -2.41. The third-order valence-corrected chi connectivity index (χ3v) is 6.47. The minimum atomic E-state index is -0.184. The van der Waals surface area contributed by atoms with E-state index in [0.717, 1.165) is 24.2 Å². The van der Waals surface area contributed by atoms with Gasteiger partial charge in [0.25, 0.3) is 0 Å². The van der Waals surface area contributed by atoms with Crippen LogP contribution in [0.2, 0.25) is 0 Å². The fraction of sp³-hybridized carbons (Fsp3) is 0.476. The van der Waals surface area contributed by atoms with Gasteiger partial charge in [0.2, 0.25) is 5.91 Å². The van der Waals surface area contributed by atoms with Crippen molar-refractivity contribution >= 4 is 34.1 Å². The zero-order valence-electron chi connectivity index (χ0n) is 16.4. The average molecular weight is 399 g/mol. The van der Waals surface area contributed by atoms with Gasteiger partial charge < -0.3 is 10.2 Å². The number of thiazole rings is 1. The number of aromatic nitrogens is 1. The van der Waals surface area contributed by atoms with Crippen molar-refractivity contribution in [3.05, 3.63) is 40.4 Å². The van der Waals surface area contributed by atoms with Crippen LogP contribution in [0.3, 0.4) is 0 Å². The second-order valence-corrected chi connectivity index (χ2v) is 8.83. The van der Waals surface area contributed by atoms with Crippen LogP contribution in [0, 0.1) is 0 Å². The highest BCUT2D eigenvalue weighted by molar-refractivity contribution is 7.15. The maximum Gasteiger partial charge on any atom is 0.325 e. The topological polar surface area (TPSA) is 65.5 Å². The lowest BCUT2D eigenvalue weighted by molar-refractivity contribution is -0.116. The molecule has 148 valence electrons. The first-order valence-electron chi connectivity index (χ1n) is 9.96. The van der Waals surface area contributed by atoms with Gasteiger partial charge in [0.15, 0.2) is 5.13 Å². The van der Waals surface area contributed by atoms with E-state index in [1.165, 1.54) is 23.3 Å². The summed E-state index contributed by atoms with van der Waals surface area (Å²) in [6.07, 6.45) is 4.41. The summed E-state index contributed by atoms with van der Waals surface area (Å²) in [5, 5.41) is 3.53. The van der Waals surface area contributed by atoms with E-state index in [2.05, 4.69) is 36.3 Å². The van der Waals surface area contributed by atoms with Crippen LogP contribution in [-0.4, -0.2) is 41.5 Å². The first-order valence-corrected chi connectivity index (χ1v) is 10.8. The first kappa shape index (κ1) is 18.9. The molecule has 0 radical (unpaired) electrons. The average Bonchev–Trinajstić information content (AvgIpc) is 3.25. The molecule has 2 aromatic rings. The Morgan fingerprint density at radius 2 is 1.93 bits per heavy atom. The fourth-order valence-electron chi connectivity index (χ4n) is 3.75. The van der Waals surface area contributed by atoms with E-state index in [4.69, 9.17) is 0 Å². The van der Waals surface area contributed by atoms with Crippen molar-refractivity contribution in [3.63, 3.8) is 0 Å². The summed E-state index contributed by atoms with van der Waals surface area (Å²) in [6, 6.07) is 7.97. The van der Waals surface area contributed by atoms with Crippen LogP contribution in [0.5, 0.6) is 0 Å². The molecule has 1 aromatic carbocycles. The number of anilines is 2. The number of nitrogens with zero attached hydrogens (tertiary/aromatic N) is 3. The van der Waals surface area contributed by atoms with E-state index in [-0.39, 0.29) is 18.5 Å². The molecule has 1 saturated heterocycles. The molecule has 0 unspecified atom stereocenters. The van der Waals surface area contributed by atoms with Crippen molar-refractivity contribution in [2.75, 3.05) is 29.9 Å². The summed E-state index contributed by atoms with van der Waals surface area (Å²) < 4.78 is 0. The standard InChI is InChI=1S/C21H26N4O2S/c1-14(2)15-7-9-16(10-8-15)25-12-11-24(21(25)27)13-19(26)23-20-22-17-5-3-4-6-18(17)28-20/h7-10,14H,3-6,11-13H2,1-2H3,(H,22,23,26). The minimum Gasteiger partial charge on any atom is -0.313 e. The quantitative estimate of drug-likeness (QED) is 0.827. The SMILES string of the molecule is CC(C)c1ccc(N2CCN(CC(=O)Nc3nc4c(s3)CCCC4)C2=O)cc1. The summed E-state index contributed by atoms with van der Waals surface area (Å²) in [7, 11) is 0. The molecule has 1 aliphatic carbocycles. The van der Waals surface area contributed by atoms with E-state index in [1.54, 1.807) is 21.1 Å².